The van der Waals surface area contributed by atoms with E-state index < -0.39 is 0 Å². The van der Waals surface area contributed by atoms with Crippen molar-refractivity contribution in [3.63, 3.8) is 0 Å². The van der Waals surface area contributed by atoms with Gasteiger partial charge in [0.2, 0.25) is 0 Å². The number of hydrogen-bond donors (Lipinski definition) is 1. The van der Waals surface area contributed by atoms with Crippen LogP contribution in [0.15, 0.2) is 0 Å². The van der Waals surface area contributed by atoms with E-state index in [-0.39, 0.29) is 6.10 Å². The summed E-state index contributed by atoms with van der Waals surface area (Å²) in [6.07, 6.45) is 12.1. The molecule has 3 rings (SSSR count). The molecule has 0 spiro atoms. The third-order valence-corrected chi connectivity index (χ3v) is 5.77. The minimum absolute atomic E-state index is 0.0220. The van der Waals surface area contributed by atoms with E-state index in [0.717, 1.165) is 39.1 Å². The summed E-state index contributed by atoms with van der Waals surface area (Å²) in [7, 11) is 3.87. The van der Waals surface area contributed by atoms with Crippen LogP contribution < -0.4 is 0 Å². The molecule has 0 aromatic heterocycles. The van der Waals surface area contributed by atoms with E-state index in [0.29, 0.717) is 12.2 Å². The Morgan fingerprint density at radius 3 is 1.76 bits per heavy atom. The predicted molar refractivity (Wildman–Crippen MR) is 125 cm³/mol. The zero-order valence-corrected chi connectivity index (χ0v) is 20.5. The number of hydrogen-bond acceptors (Lipinski definition) is 5. The van der Waals surface area contributed by atoms with Gasteiger partial charge in [0.25, 0.3) is 0 Å². The number of rotatable bonds is 5. The fourth-order valence-electron chi connectivity index (χ4n) is 3.96. The van der Waals surface area contributed by atoms with Crippen molar-refractivity contribution in [2.75, 3.05) is 53.5 Å². The Morgan fingerprint density at radius 1 is 0.759 bits per heavy atom. The largest absolute Gasteiger partial charge is 0.393 e. The minimum atomic E-state index is -0.0220. The quantitative estimate of drug-likeness (QED) is 0.711. The van der Waals surface area contributed by atoms with Crippen LogP contribution in [-0.2, 0) is 9.47 Å². The first-order chi connectivity index (χ1) is 14.2. The van der Waals surface area contributed by atoms with Crippen molar-refractivity contribution in [3.8, 4) is 0 Å². The fraction of sp³-hybridized carbons (Fsp3) is 1.00. The third-order valence-electron chi connectivity index (χ3n) is 5.77. The zero-order valence-electron chi connectivity index (χ0n) is 20.5. The summed E-state index contributed by atoms with van der Waals surface area (Å²) in [5.41, 5.74) is 0. The molecule has 2 aliphatic heterocycles. The smallest absolute Gasteiger partial charge is 0.0603 e. The van der Waals surface area contributed by atoms with E-state index in [4.69, 9.17) is 14.6 Å². The fourth-order valence-corrected chi connectivity index (χ4v) is 3.96. The van der Waals surface area contributed by atoms with Crippen molar-refractivity contribution in [2.45, 2.75) is 104 Å². The van der Waals surface area contributed by atoms with Gasteiger partial charge in [-0.3, -0.25) is 0 Å². The molecule has 0 radical (unpaired) electrons. The number of nitrogens with zero attached hydrogens (tertiary/aromatic N) is 2. The van der Waals surface area contributed by atoms with E-state index in [2.05, 4.69) is 16.8 Å². The Bertz CT molecular complexity index is 312. The molecule has 2 saturated heterocycles. The topological polar surface area (TPSA) is 45.2 Å². The Labute approximate surface area is 182 Å². The highest BCUT2D eigenvalue weighted by molar-refractivity contribution is 4.75. The molecule has 0 bridgehead atoms. The molecule has 1 saturated carbocycles. The molecule has 0 aromatic carbocycles. The van der Waals surface area contributed by atoms with E-state index >= 15 is 0 Å². The second-order valence-corrected chi connectivity index (χ2v) is 7.96. The normalized spacial score (nSPS) is 22.4. The Morgan fingerprint density at radius 2 is 1.28 bits per heavy atom. The minimum Gasteiger partial charge on any atom is -0.393 e. The molecule has 0 atom stereocenters. The maximum atomic E-state index is 9.00. The van der Waals surface area contributed by atoms with Gasteiger partial charge in [-0.05, 0) is 45.6 Å². The first-order valence-electron chi connectivity index (χ1n) is 12.4. The van der Waals surface area contributed by atoms with Crippen LogP contribution >= 0.6 is 0 Å². The van der Waals surface area contributed by atoms with Gasteiger partial charge in [0.1, 0.15) is 0 Å². The number of piperidine rings is 2. The Balaban J connectivity index is 0.000000547. The van der Waals surface area contributed by atoms with Crippen LogP contribution in [0.25, 0.3) is 0 Å². The van der Waals surface area contributed by atoms with E-state index in [1.54, 1.807) is 7.11 Å². The van der Waals surface area contributed by atoms with E-state index in [1.807, 2.05) is 27.7 Å². The van der Waals surface area contributed by atoms with Crippen molar-refractivity contribution >= 4 is 0 Å². The lowest BCUT2D eigenvalue weighted by atomic mass is 9.97. The maximum Gasteiger partial charge on any atom is 0.0603 e. The highest BCUT2D eigenvalue weighted by Crippen LogP contribution is 2.24. The van der Waals surface area contributed by atoms with Crippen LogP contribution in [-0.4, -0.2) is 86.7 Å². The highest BCUT2D eigenvalue weighted by atomic mass is 16.5. The van der Waals surface area contributed by atoms with Gasteiger partial charge in [-0.25, -0.2) is 0 Å². The van der Waals surface area contributed by atoms with Crippen LogP contribution in [0.4, 0.5) is 0 Å². The van der Waals surface area contributed by atoms with Crippen molar-refractivity contribution in [2.24, 2.45) is 0 Å². The van der Waals surface area contributed by atoms with Gasteiger partial charge < -0.3 is 24.4 Å². The number of likely N-dealkylation sites (tertiary alicyclic amines) is 2. The van der Waals surface area contributed by atoms with Gasteiger partial charge in [0, 0.05) is 39.8 Å². The number of aliphatic hydroxyl groups is 1. The van der Waals surface area contributed by atoms with Crippen molar-refractivity contribution < 1.29 is 14.6 Å². The highest BCUT2D eigenvalue weighted by Gasteiger charge is 2.23. The van der Waals surface area contributed by atoms with Gasteiger partial charge in [0.05, 0.1) is 24.9 Å². The molecule has 5 nitrogen and oxygen atoms in total. The molecule has 1 N–H and O–H groups in total. The van der Waals surface area contributed by atoms with E-state index in [1.165, 1.54) is 58.0 Å². The van der Waals surface area contributed by atoms with Crippen molar-refractivity contribution in [3.05, 3.63) is 0 Å². The molecule has 2 heterocycles. The van der Waals surface area contributed by atoms with E-state index in [9.17, 15) is 0 Å². The molecule has 0 unspecified atom stereocenters. The summed E-state index contributed by atoms with van der Waals surface area (Å²) in [5, 5.41) is 9.00. The summed E-state index contributed by atoms with van der Waals surface area (Å²) < 4.78 is 11.3. The van der Waals surface area contributed by atoms with Crippen molar-refractivity contribution in [1.29, 1.82) is 0 Å². The molecule has 3 aliphatic rings. The van der Waals surface area contributed by atoms with Gasteiger partial charge in [-0.1, -0.05) is 47.0 Å². The first-order valence-corrected chi connectivity index (χ1v) is 12.4. The lowest BCUT2D eigenvalue weighted by Gasteiger charge is -2.34. The molecule has 0 amide bonds. The average molecular weight is 417 g/mol. The average Bonchev–Trinajstić information content (AvgIpc) is 2.79. The molecular weight excluding hydrogens is 364 g/mol. The maximum absolute atomic E-state index is 9.00. The lowest BCUT2D eigenvalue weighted by Crippen LogP contribution is -2.40. The van der Waals surface area contributed by atoms with Crippen molar-refractivity contribution in [1.82, 2.24) is 9.80 Å². The van der Waals surface area contributed by atoms with Crippen LogP contribution in [0.5, 0.6) is 0 Å². The summed E-state index contributed by atoms with van der Waals surface area (Å²) >= 11 is 0. The second-order valence-electron chi connectivity index (χ2n) is 7.96. The lowest BCUT2D eigenvalue weighted by molar-refractivity contribution is -0.0571. The van der Waals surface area contributed by atoms with Gasteiger partial charge in [-0.2, -0.15) is 0 Å². The number of aliphatic hydroxyl groups excluding tert-OH is 1. The SMILES string of the molecule is CC.CC.CN1CCC(O)CC1.COCCN1CCC(OC2CCCCC2)CC1. The van der Waals surface area contributed by atoms with Crippen LogP contribution in [0.2, 0.25) is 0 Å². The predicted octanol–water partition coefficient (Wildman–Crippen LogP) is 4.57. The molecule has 1 aliphatic carbocycles. The molecule has 5 heteroatoms. The Hall–Kier alpha value is -0.200. The van der Waals surface area contributed by atoms with Crippen LogP contribution in [0.3, 0.4) is 0 Å². The molecule has 0 aromatic rings. The zero-order chi connectivity index (χ0) is 21.9. The molecule has 29 heavy (non-hydrogen) atoms. The monoisotopic (exact) mass is 416 g/mol. The molecule has 176 valence electrons. The standard InChI is InChI=1S/C14H27NO2.C6H13NO.2C2H6/c1-16-12-11-15-9-7-14(8-10-15)17-13-5-3-2-4-6-13;1-7-4-2-6(8)3-5-7;2*1-2/h13-14H,2-12H2,1H3;6,8H,2-5H2,1H3;2*1-2H3. The second kappa shape index (κ2) is 19.7. The number of ether oxygens (including phenoxy) is 2. The Kier molecular flexibility index (Phi) is 19.6. The van der Waals surface area contributed by atoms with Gasteiger partial charge >= 0.3 is 0 Å². The summed E-state index contributed by atoms with van der Waals surface area (Å²) in [5.74, 6) is 0. The third kappa shape index (κ3) is 14.4. The first kappa shape index (κ1) is 28.8. The summed E-state index contributed by atoms with van der Waals surface area (Å²) in [6.45, 7) is 14.4. The molecule has 3 fully saturated rings. The summed E-state index contributed by atoms with van der Waals surface area (Å²) in [6, 6.07) is 0. The number of methoxy groups -OCH3 is 1. The summed E-state index contributed by atoms with van der Waals surface area (Å²) in [4.78, 5) is 4.73. The van der Waals surface area contributed by atoms with Gasteiger partial charge in [-0.15, -0.1) is 0 Å². The van der Waals surface area contributed by atoms with Gasteiger partial charge in [0.15, 0.2) is 0 Å². The molecular formula is C24H52N2O3. The van der Waals surface area contributed by atoms with Crippen LogP contribution in [0.1, 0.15) is 85.5 Å². The van der Waals surface area contributed by atoms with Crippen LogP contribution in [0, 0.1) is 0 Å².